The minimum absolute atomic E-state index is 0.249. The quantitative estimate of drug-likeness (QED) is 0.778. The van der Waals surface area contributed by atoms with Crippen LogP contribution in [0.5, 0.6) is 0 Å². The second-order valence-corrected chi connectivity index (χ2v) is 4.51. The standard InChI is InChI=1S/C12H17N3O2/c1-15(2)14-11-9(12(16)17)7-8-5-3-4-6-10(8)13-11/h7H,3-6H2,1-2H3,(H,13,14)(H,16,17). The first-order valence-electron chi connectivity index (χ1n) is 5.78. The van der Waals surface area contributed by atoms with Crippen LogP contribution in [0.15, 0.2) is 6.07 Å². The molecule has 1 aliphatic rings. The van der Waals surface area contributed by atoms with Gasteiger partial charge in [0, 0.05) is 19.8 Å². The van der Waals surface area contributed by atoms with Crippen molar-refractivity contribution < 1.29 is 9.90 Å². The van der Waals surface area contributed by atoms with Crippen LogP contribution < -0.4 is 5.43 Å². The van der Waals surface area contributed by atoms with Crippen LogP contribution >= 0.6 is 0 Å². The highest BCUT2D eigenvalue weighted by Crippen LogP contribution is 2.24. The highest BCUT2D eigenvalue weighted by Gasteiger charge is 2.18. The third-order valence-electron chi connectivity index (χ3n) is 2.86. The Bertz CT molecular complexity index is 444. The van der Waals surface area contributed by atoms with Gasteiger partial charge in [0.05, 0.1) is 0 Å². The summed E-state index contributed by atoms with van der Waals surface area (Å²) in [6.07, 6.45) is 4.13. The van der Waals surface area contributed by atoms with Gasteiger partial charge in [0.15, 0.2) is 5.82 Å². The Labute approximate surface area is 100 Å². The second-order valence-electron chi connectivity index (χ2n) is 4.51. The largest absolute Gasteiger partial charge is 0.478 e. The lowest BCUT2D eigenvalue weighted by Gasteiger charge is -2.20. The second kappa shape index (κ2) is 4.71. The number of rotatable bonds is 3. The van der Waals surface area contributed by atoms with Crippen molar-refractivity contribution in [2.75, 3.05) is 19.5 Å². The van der Waals surface area contributed by atoms with Crippen molar-refractivity contribution >= 4 is 11.8 Å². The minimum atomic E-state index is -0.935. The van der Waals surface area contributed by atoms with Crippen LogP contribution in [-0.2, 0) is 12.8 Å². The summed E-state index contributed by atoms with van der Waals surface area (Å²) in [5, 5.41) is 10.9. The minimum Gasteiger partial charge on any atom is -0.478 e. The fourth-order valence-electron chi connectivity index (χ4n) is 2.09. The molecule has 5 nitrogen and oxygen atoms in total. The van der Waals surface area contributed by atoms with E-state index in [1.54, 1.807) is 11.1 Å². The van der Waals surface area contributed by atoms with Crippen molar-refractivity contribution in [3.63, 3.8) is 0 Å². The van der Waals surface area contributed by atoms with Gasteiger partial charge in [-0.2, -0.15) is 0 Å². The van der Waals surface area contributed by atoms with E-state index in [2.05, 4.69) is 10.4 Å². The Hall–Kier alpha value is -1.62. The molecule has 0 unspecified atom stereocenters. The van der Waals surface area contributed by atoms with Gasteiger partial charge < -0.3 is 10.5 Å². The van der Waals surface area contributed by atoms with E-state index in [0.29, 0.717) is 5.82 Å². The van der Waals surface area contributed by atoms with E-state index >= 15 is 0 Å². The number of fused-ring (bicyclic) bond motifs is 1. The summed E-state index contributed by atoms with van der Waals surface area (Å²) in [7, 11) is 3.62. The molecule has 0 saturated carbocycles. The molecule has 0 aliphatic heterocycles. The molecule has 17 heavy (non-hydrogen) atoms. The number of hydrazine groups is 1. The van der Waals surface area contributed by atoms with E-state index < -0.39 is 5.97 Å². The van der Waals surface area contributed by atoms with Gasteiger partial charge in [-0.05, 0) is 37.3 Å². The molecule has 0 fully saturated rings. The van der Waals surface area contributed by atoms with Crippen LogP contribution in [0, 0.1) is 0 Å². The lowest BCUT2D eigenvalue weighted by Crippen LogP contribution is -2.23. The third-order valence-corrected chi connectivity index (χ3v) is 2.86. The van der Waals surface area contributed by atoms with Gasteiger partial charge in [0.25, 0.3) is 0 Å². The van der Waals surface area contributed by atoms with Crippen LogP contribution in [-0.4, -0.2) is 35.2 Å². The molecule has 1 aliphatic carbocycles. The molecule has 2 rings (SSSR count). The smallest absolute Gasteiger partial charge is 0.339 e. The SMILES string of the molecule is CN(C)Nc1nc2c(cc1C(=O)O)CCCC2. The zero-order valence-electron chi connectivity index (χ0n) is 10.2. The van der Waals surface area contributed by atoms with E-state index in [-0.39, 0.29) is 5.56 Å². The van der Waals surface area contributed by atoms with Crippen LogP contribution in [0.25, 0.3) is 0 Å². The van der Waals surface area contributed by atoms with Crippen LogP contribution in [0.4, 0.5) is 5.82 Å². The van der Waals surface area contributed by atoms with Crippen LogP contribution in [0.1, 0.15) is 34.5 Å². The number of aryl methyl sites for hydroxylation is 2. The molecule has 0 saturated heterocycles. The highest BCUT2D eigenvalue weighted by molar-refractivity contribution is 5.93. The number of hydrogen-bond acceptors (Lipinski definition) is 4. The predicted octanol–water partition coefficient (Wildman–Crippen LogP) is 1.55. The molecule has 1 heterocycles. The number of pyridine rings is 1. The van der Waals surface area contributed by atoms with Gasteiger partial charge >= 0.3 is 5.97 Å². The zero-order valence-corrected chi connectivity index (χ0v) is 10.2. The lowest BCUT2D eigenvalue weighted by molar-refractivity contribution is 0.0697. The molecule has 0 bridgehead atoms. The van der Waals surface area contributed by atoms with E-state index in [1.807, 2.05) is 14.1 Å². The zero-order chi connectivity index (χ0) is 12.4. The summed E-state index contributed by atoms with van der Waals surface area (Å²) < 4.78 is 0. The average molecular weight is 235 g/mol. The first kappa shape index (κ1) is 11.9. The fraction of sp³-hybridized carbons (Fsp3) is 0.500. The molecule has 0 amide bonds. The van der Waals surface area contributed by atoms with Crippen LogP contribution in [0.3, 0.4) is 0 Å². The van der Waals surface area contributed by atoms with Gasteiger partial charge in [-0.15, -0.1) is 0 Å². The lowest BCUT2D eigenvalue weighted by atomic mass is 9.95. The van der Waals surface area contributed by atoms with Gasteiger partial charge in [-0.25, -0.2) is 14.8 Å². The number of anilines is 1. The Kier molecular flexibility index (Phi) is 3.28. The number of carbonyl (C=O) groups is 1. The molecular weight excluding hydrogens is 218 g/mol. The average Bonchev–Trinajstić information content (AvgIpc) is 2.27. The molecular formula is C12H17N3O2. The molecule has 5 heteroatoms. The van der Waals surface area contributed by atoms with Crippen molar-refractivity contribution in [2.24, 2.45) is 0 Å². The number of nitrogens with zero attached hydrogens (tertiary/aromatic N) is 2. The van der Waals surface area contributed by atoms with Crippen molar-refractivity contribution in [3.05, 3.63) is 22.9 Å². The Morgan fingerprint density at radius 3 is 2.76 bits per heavy atom. The highest BCUT2D eigenvalue weighted by atomic mass is 16.4. The predicted molar refractivity (Wildman–Crippen MR) is 65.1 cm³/mol. The number of carboxylic acids is 1. The summed E-state index contributed by atoms with van der Waals surface area (Å²) in [5.74, 6) is -0.502. The monoisotopic (exact) mass is 235 g/mol. The summed E-state index contributed by atoms with van der Waals surface area (Å²) in [6, 6.07) is 1.76. The Balaban J connectivity index is 2.44. The Morgan fingerprint density at radius 2 is 2.12 bits per heavy atom. The molecule has 0 radical (unpaired) electrons. The van der Waals surface area contributed by atoms with E-state index in [0.717, 1.165) is 36.9 Å². The molecule has 2 N–H and O–H groups in total. The molecule has 0 atom stereocenters. The summed E-state index contributed by atoms with van der Waals surface area (Å²) >= 11 is 0. The topological polar surface area (TPSA) is 65.5 Å². The van der Waals surface area contributed by atoms with Gasteiger partial charge in [-0.3, -0.25) is 0 Å². The number of aromatic nitrogens is 1. The van der Waals surface area contributed by atoms with E-state index in [9.17, 15) is 9.90 Å². The van der Waals surface area contributed by atoms with E-state index in [1.165, 1.54) is 0 Å². The number of nitrogens with one attached hydrogen (secondary N) is 1. The third kappa shape index (κ3) is 2.55. The van der Waals surface area contributed by atoms with E-state index in [4.69, 9.17) is 0 Å². The molecule has 92 valence electrons. The summed E-state index contributed by atoms with van der Waals surface area (Å²) in [5.41, 5.74) is 5.31. The van der Waals surface area contributed by atoms with Crippen molar-refractivity contribution in [1.82, 2.24) is 9.99 Å². The molecule has 0 aromatic carbocycles. The molecule has 1 aromatic rings. The maximum atomic E-state index is 11.2. The van der Waals surface area contributed by atoms with Crippen molar-refractivity contribution in [3.8, 4) is 0 Å². The van der Waals surface area contributed by atoms with Crippen molar-refractivity contribution in [2.45, 2.75) is 25.7 Å². The fourth-order valence-corrected chi connectivity index (χ4v) is 2.09. The van der Waals surface area contributed by atoms with Gasteiger partial charge in [0.2, 0.25) is 0 Å². The number of hydrogen-bond donors (Lipinski definition) is 2. The summed E-state index contributed by atoms with van der Waals surface area (Å²) in [4.78, 5) is 15.6. The van der Waals surface area contributed by atoms with Gasteiger partial charge in [0.1, 0.15) is 5.56 Å². The van der Waals surface area contributed by atoms with Gasteiger partial charge in [-0.1, -0.05) is 0 Å². The molecule has 1 aromatic heterocycles. The normalized spacial score (nSPS) is 14.5. The summed E-state index contributed by atoms with van der Waals surface area (Å²) in [6.45, 7) is 0. The number of aromatic carboxylic acids is 1. The first-order valence-corrected chi connectivity index (χ1v) is 5.78. The maximum absolute atomic E-state index is 11.2. The number of carboxylic acid groups (broad SMARTS) is 1. The maximum Gasteiger partial charge on any atom is 0.339 e. The van der Waals surface area contributed by atoms with Crippen LogP contribution in [0.2, 0.25) is 0 Å². The molecule has 0 spiro atoms. The van der Waals surface area contributed by atoms with Crippen molar-refractivity contribution in [1.29, 1.82) is 0 Å². The Morgan fingerprint density at radius 1 is 1.41 bits per heavy atom. The first-order chi connectivity index (χ1) is 8.08.